The Hall–Kier alpha value is -2.12. The van der Waals surface area contributed by atoms with Gasteiger partial charge in [0.05, 0.1) is 6.54 Å². The van der Waals surface area contributed by atoms with Crippen molar-refractivity contribution < 1.29 is 14.7 Å². The Labute approximate surface area is 129 Å². The fourth-order valence-corrected chi connectivity index (χ4v) is 2.38. The zero-order valence-electron chi connectivity index (χ0n) is 11.0. The summed E-state index contributed by atoms with van der Waals surface area (Å²) in [5, 5.41) is 16.5. The van der Waals surface area contributed by atoms with Crippen LogP contribution in [0.4, 0.5) is 10.5 Å². The highest BCUT2D eigenvalue weighted by atomic mass is 35.5. The summed E-state index contributed by atoms with van der Waals surface area (Å²) in [5.41, 5.74) is 1.47. The van der Waals surface area contributed by atoms with Crippen molar-refractivity contribution in [3.63, 3.8) is 0 Å². The number of aryl methyl sites for hydroxylation is 1. The average molecular weight is 326 g/mol. The number of hydrogen-bond donors (Lipinski definition) is 3. The average Bonchev–Trinajstić information content (AvgIpc) is 2.90. The maximum absolute atomic E-state index is 11.7. The van der Waals surface area contributed by atoms with Crippen molar-refractivity contribution in [2.45, 2.75) is 13.5 Å². The molecule has 0 atom stereocenters. The quantitative estimate of drug-likeness (QED) is 0.805. The SMILES string of the molecule is Cc1ccc(NC(=O)NCc2nc(C(=O)O)cs2)cc1Cl. The lowest BCUT2D eigenvalue weighted by Gasteiger charge is -2.07. The molecule has 8 heteroatoms. The molecule has 0 aliphatic heterocycles. The number of anilines is 1. The van der Waals surface area contributed by atoms with Gasteiger partial charge in [0.1, 0.15) is 5.01 Å². The summed E-state index contributed by atoms with van der Waals surface area (Å²) in [5.74, 6) is -1.09. The van der Waals surface area contributed by atoms with Crippen LogP contribution in [0.3, 0.4) is 0 Å². The summed E-state index contributed by atoms with van der Waals surface area (Å²) in [7, 11) is 0. The zero-order valence-corrected chi connectivity index (χ0v) is 12.6. The van der Waals surface area contributed by atoms with E-state index >= 15 is 0 Å². The summed E-state index contributed by atoms with van der Waals surface area (Å²) in [6, 6.07) is 4.79. The Kier molecular flexibility index (Phi) is 4.77. The first-order chi connectivity index (χ1) is 9.95. The second-order valence-corrected chi connectivity index (χ2v) is 5.55. The number of carboxylic acid groups (broad SMARTS) is 1. The van der Waals surface area contributed by atoms with Gasteiger partial charge in [-0.2, -0.15) is 0 Å². The molecule has 0 aliphatic carbocycles. The summed E-state index contributed by atoms with van der Waals surface area (Å²) < 4.78 is 0. The lowest BCUT2D eigenvalue weighted by Crippen LogP contribution is -2.28. The molecule has 0 fully saturated rings. The van der Waals surface area contributed by atoms with Gasteiger partial charge in [-0.15, -0.1) is 11.3 Å². The Balaban J connectivity index is 1.89. The fraction of sp³-hybridized carbons (Fsp3) is 0.154. The van der Waals surface area contributed by atoms with Crippen molar-refractivity contribution in [2.24, 2.45) is 0 Å². The van der Waals surface area contributed by atoms with Crippen molar-refractivity contribution >= 4 is 40.6 Å². The van der Waals surface area contributed by atoms with E-state index in [0.29, 0.717) is 15.7 Å². The number of rotatable bonds is 4. The van der Waals surface area contributed by atoms with E-state index < -0.39 is 12.0 Å². The van der Waals surface area contributed by atoms with Crippen LogP contribution >= 0.6 is 22.9 Å². The minimum absolute atomic E-state index is 0.0254. The molecule has 1 aromatic heterocycles. The minimum atomic E-state index is -1.09. The van der Waals surface area contributed by atoms with Crippen LogP contribution in [0.25, 0.3) is 0 Å². The highest BCUT2D eigenvalue weighted by Crippen LogP contribution is 2.19. The molecular weight excluding hydrogens is 314 g/mol. The number of benzene rings is 1. The highest BCUT2D eigenvalue weighted by Gasteiger charge is 2.09. The second-order valence-electron chi connectivity index (χ2n) is 4.20. The van der Waals surface area contributed by atoms with Crippen molar-refractivity contribution in [3.8, 4) is 0 Å². The molecule has 2 rings (SSSR count). The maximum atomic E-state index is 11.7. The van der Waals surface area contributed by atoms with Gasteiger partial charge in [0, 0.05) is 16.1 Å². The number of nitrogens with one attached hydrogen (secondary N) is 2. The predicted molar refractivity (Wildman–Crippen MR) is 81.1 cm³/mol. The number of urea groups is 1. The molecule has 1 aromatic carbocycles. The third kappa shape index (κ3) is 4.17. The molecule has 1 heterocycles. The Morgan fingerprint density at radius 2 is 2.19 bits per heavy atom. The standard InChI is InChI=1S/C13H12ClN3O3S/c1-7-2-3-8(4-9(7)14)16-13(20)15-5-11-17-10(6-21-11)12(18)19/h2-4,6H,5H2,1H3,(H,18,19)(H2,15,16,20). The van der Waals surface area contributed by atoms with Crippen molar-refractivity contribution in [1.29, 1.82) is 0 Å². The molecule has 0 aliphatic rings. The first-order valence-corrected chi connectivity index (χ1v) is 7.20. The van der Waals surface area contributed by atoms with E-state index in [1.807, 2.05) is 6.92 Å². The van der Waals surface area contributed by atoms with Crippen molar-refractivity contribution in [1.82, 2.24) is 10.3 Å². The van der Waals surface area contributed by atoms with E-state index in [4.69, 9.17) is 16.7 Å². The first kappa shape index (κ1) is 15.3. The van der Waals surface area contributed by atoms with Gasteiger partial charge < -0.3 is 15.7 Å². The lowest BCUT2D eigenvalue weighted by atomic mass is 10.2. The Morgan fingerprint density at radius 1 is 1.43 bits per heavy atom. The van der Waals surface area contributed by atoms with Crippen LogP contribution in [0, 0.1) is 6.92 Å². The number of nitrogens with zero attached hydrogens (tertiary/aromatic N) is 1. The molecule has 0 saturated heterocycles. The minimum Gasteiger partial charge on any atom is -0.476 e. The number of carbonyl (C=O) groups excluding carboxylic acids is 1. The third-order valence-electron chi connectivity index (χ3n) is 2.60. The number of aromatic nitrogens is 1. The van der Waals surface area contributed by atoms with E-state index in [-0.39, 0.29) is 12.2 Å². The maximum Gasteiger partial charge on any atom is 0.355 e. The van der Waals surface area contributed by atoms with E-state index in [0.717, 1.165) is 5.56 Å². The highest BCUT2D eigenvalue weighted by molar-refractivity contribution is 7.09. The topological polar surface area (TPSA) is 91.3 Å². The third-order valence-corrected chi connectivity index (χ3v) is 3.86. The Bertz CT molecular complexity index is 687. The number of carboxylic acids is 1. The van der Waals surface area contributed by atoms with Gasteiger partial charge >= 0.3 is 12.0 Å². The number of aromatic carboxylic acids is 1. The molecule has 110 valence electrons. The molecule has 2 amide bonds. The molecule has 6 nitrogen and oxygen atoms in total. The largest absolute Gasteiger partial charge is 0.476 e. The van der Waals surface area contributed by atoms with Crippen LogP contribution in [-0.4, -0.2) is 22.1 Å². The summed E-state index contributed by atoms with van der Waals surface area (Å²) in [6.45, 7) is 2.03. The summed E-state index contributed by atoms with van der Waals surface area (Å²) in [6.07, 6.45) is 0. The summed E-state index contributed by atoms with van der Waals surface area (Å²) >= 11 is 7.14. The first-order valence-electron chi connectivity index (χ1n) is 5.94. The normalized spacial score (nSPS) is 10.2. The van der Waals surface area contributed by atoms with Crippen LogP contribution in [0.15, 0.2) is 23.6 Å². The van der Waals surface area contributed by atoms with Gasteiger partial charge in [-0.1, -0.05) is 17.7 Å². The van der Waals surface area contributed by atoms with E-state index in [1.165, 1.54) is 16.7 Å². The van der Waals surface area contributed by atoms with Crippen molar-refractivity contribution in [2.75, 3.05) is 5.32 Å². The molecule has 2 aromatic rings. The Morgan fingerprint density at radius 3 is 2.81 bits per heavy atom. The molecule has 0 radical (unpaired) electrons. The number of thiazole rings is 1. The molecule has 0 saturated carbocycles. The van der Waals surface area contributed by atoms with Crippen LogP contribution in [-0.2, 0) is 6.54 Å². The molecular formula is C13H12ClN3O3S. The van der Waals surface area contributed by atoms with Gasteiger partial charge in [0.2, 0.25) is 0 Å². The van der Waals surface area contributed by atoms with Crippen LogP contribution in [0.2, 0.25) is 5.02 Å². The zero-order chi connectivity index (χ0) is 15.4. The number of halogens is 1. The smallest absolute Gasteiger partial charge is 0.355 e. The summed E-state index contributed by atoms with van der Waals surface area (Å²) in [4.78, 5) is 26.3. The van der Waals surface area contributed by atoms with Gasteiger partial charge in [-0.25, -0.2) is 14.6 Å². The van der Waals surface area contributed by atoms with Gasteiger partial charge in [0.15, 0.2) is 5.69 Å². The van der Waals surface area contributed by atoms with Gasteiger partial charge in [-0.05, 0) is 24.6 Å². The monoisotopic (exact) mass is 325 g/mol. The van der Waals surface area contributed by atoms with Crippen LogP contribution < -0.4 is 10.6 Å². The molecule has 0 unspecified atom stereocenters. The van der Waals surface area contributed by atoms with Crippen molar-refractivity contribution in [3.05, 3.63) is 44.9 Å². The molecule has 21 heavy (non-hydrogen) atoms. The number of amides is 2. The van der Waals surface area contributed by atoms with E-state index in [9.17, 15) is 9.59 Å². The van der Waals surface area contributed by atoms with Gasteiger partial charge in [-0.3, -0.25) is 0 Å². The van der Waals surface area contributed by atoms with E-state index in [1.54, 1.807) is 18.2 Å². The predicted octanol–water partition coefficient (Wildman–Crippen LogP) is 3.12. The van der Waals surface area contributed by atoms with Crippen LogP contribution in [0.1, 0.15) is 21.1 Å². The van der Waals surface area contributed by atoms with Gasteiger partial charge in [0.25, 0.3) is 0 Å². The van der Waals surface area contributed by atoms with Crippen LogP contribution in [0.5, 0.6) is 0 Å². The molecule has 0 bridgehead atoms. The number of hydrogen-bond acceptors (Lipinski definition) is 4. The second kappa shape index (κ2) is 6.55. The molecule has 3 N–H and O–H groups in total. The lowest BCUT2D eigenvalue weighted by molar-refractivity contribution is 0.0691. The number of carbonyl (C=O) groups is 2. The molecule has 0 spiro atoms. The fourth-order valence-electron chi connectivity index (χ4n) is 1.49. The van der Waals surface area contributed by atoms with E-state index in [2.05, 4.69) is 15.6 Å².